The van der Waals surface area contributed by atoms with Gasteiger partial charge in [0.2, 0.25) is 0 Å². The Balaban J connectivity index is 0.000000155. The van der Waals surface area contributed by atoms with Gasteiger partial charge < -0.3 is 0 Å². The van der Waals surface area contributed by atoms with Crippen LogP contribution < -0.4 is 0 Å². The van der Waals surface area contributed by atoms with Crippen LogP contribution in [0.3, 0.4) is 0 Å². The van der Waals surface area contributed by atoms with Gasteiger partial charge in [-0.1, -0.05) is 112 Å². The number of rotatable bonds is 2. The normalized spacial score (nSPS) is 15.4. The van der Waals surface area contributed by atoms with Gasteiger partial charge in [0.25, 0.3) is 0 Å². The second kappa shape index (κ2) is 16.7. The quantitative estimate of drug-likeness (QED) is 0.123. The molecule has 4 heteroatoms. The second-order valence-electron chi connectivity index (χ2n) is 11.4. The molecule has 0 spiro atoms. The van der Waals surface area contributed by atoms with Crippen molar-refractivity contribution in [3.05, 3.63) is 178 Å². The van der Waals surface area contributed by atoms with Crippen LogP contribution in [-0.2, 0) is 20.8 Å². The summed E-state index contributed by atoms with van der Waals surface area (Å²) in [4.78, 5) is 0. The van der Waals surface area contributed by atoms with E-state index in [2.05, 4.69) is 160 Å². The molecule has 46 heavy (non-hydrogen) atoms. The molecule has 0 bridgehead atoms. The number of allylic oxidation sites excluding steroid dienone is 2. The van der Waals surface area contributed by atoms with Crippen molar-refractivity contribution in [1.29, 1.82) is 0 Å². The number of fused-ring (bicyclic) bond motifs is 4. The molecule has 2 atom stereocenters. The Morgan fingerprint density at radius 2 is 0.870 bits per heavy atom. The van der Waals surface area contributed by atoms with Crippen molar-refractivity contribution in [2.24, 2.45) is 0 Å². The molecule has 0 aliphatic heterocycles. The predicted octanol–water partition coefficient (Wildman–Crippen LogP) is 12.5. The van der Waals surface area contributed by atoms with Crippen molar-refractivity contribution in [3.8, 4) is 0 Å². The van der Waals surface area contributed by atoms with Gasteiger partial charge in [0.15, 0.2) is 0 Å². The van der Waals surface area contributed by atoms with Crippen LogP contribution in [0.4, 0.5) is 0 Å². The molecule has 0 fully saturated rings. The molecule has 0 saturated carbocycles. The van der Waals surface area contributed by atoms with Gasteiger partial charge in [-0.25, -0.2) is 0 Å². The van der Waals surface area contributed by atoms with Crippen LogP contribution in [0.25, 0.3) is 33.7 Å². The first kappa shape index (κ1) is 34.3. The van der Waals surface area contributed by atoms with Gasteiger partial charge in [-0.2, -0.15) is 0 Å². The molecule has 0 heterocycles. The van der Waals surface area contributed by atoms with E-state index in [1.807, 2.05) is 12.1 Å². The average molecular weight is 731 g/mol. The summed E-state index contributed by atoms with van der Waals surface area (Å²) >= 11 is -0.826. The van der Waals surface area contributed by atoms with E-state index in [-0.39, 0.29) is 0 Å². The van der Waals surface area contributed by atoms with Crippen molar-refractivity contribution in [2.45, 2.75) is 38.8 Å². The SMILES string of the molecule is CC1=Cc2[c-]cccc2C1c1cccc2ccccc12.CC1=Cc2[c-]cccc2C1c1cccc2ccccc12.C[Si]C.[Cl][Zr+2][Cl]. The molecule has 2 aliphatic carbocycles. The van der Waals surface area contributed by atoms with Crippen molar-refractivity contribution < 1.29 is 20.8 Å². The zero-order valence-corrected chi connectivity index (χ0v) is 31.6. The molecule has 6 aromatic carbocycles. The molecular weight excluding hydrogens is 695 g/mol. The van der Waals surface area contributed by atoms with Crippen molar-refractivity contribution in [2.75, 3.05) is 0 Å². The van der Waals surface area contributed by atoms with Crippen molar-refractivity contribution >= 4 is 60.2 Å². The van der Waals surface area contributed by atoms with E-state index in [1.54, 1.807) is 0 Å². The molecular formula is C42H36Cl2SiZr. The summed E-state index contributed by atoms with van der Waals surface area (Å²) in [5.41, 5.74) is 10.8. The molecule has 8 rings (SSSR count). The summed E-state index contributed by atoms with van der Waals surface area (Å²) in [5.74, 6) is 0.738. The molecule has 226 valence electrons. The topological polar surface area (TPSA) is 0 Å². The molecule has 6 aromatic rings. The fraction of sp³-hybridized carbons (Fsp3) is 0.143. The van der Waals surface area contributed by atoms with E-state index >= 15 is 0 Å². The number of hydrogen-bond donors (Lipinski definition) is 0. The van der Waals surface area contributed by atoms with Crippen LogP contribution in [-0.4, -0.2) is 9.52 Å². The van der Waals surface area contributed by atoms with Crippen LogP contribution in [0, 0.1) is 12.1 Å². The zero-order chi connectivity index (χ0) is 32.5. The molecule has 0 aromatic heterocycles. The Hall–Kier alpha value is -3.00. The summed E-state index contributed by atoms with van der Waals surface area (Å²) < 4.78 is 0. The molecule has 0 nitrogen and oxygen atoms in total. The fourth-order valence-corrected chi connectivity index (χ4v) is 6.62. The van der Waals surface area contributed by atoms with E-state index < -0.39 is 20.8 Å². The third-order valence-electron chi connectivity index (χ3n) is 8.39. The third kappa shape index (κ3) is 7.58. The summed E-state index contributed by atoms with van der Waals surface area (Å²) in [6.07, 6.45) is 4.53. The van der Waals surface area contributed by atoms with Gasteiger partial charge in [0.05, 0.1) is 0 Å². The molecule has 2 unspecified atom stereocenters. The van der Waals surface area contributed by atoms with E-state index in [9.17, 15) is 0 Å². The Morgan fingerprint density at radius 3 is 1.28 bits per heavy atom. The molecule has 0 saturated heterocycles. The zero-order valence-electron chi connectivity index (χ0n) is 26.6. The van der Waals surface area contributed by atoms with Gasteiger partial charge in [-0.05, 0) is 44.5 Å². The Labute approximate surface area is 295 Å². The molecule has 2 radical (unpaired) electrons. The van der Waals surface area contributed by atoms with Crippen LogP contribution in [0.15, 0.2) is 132 Å². The Morgan fingerprint density at radius 1 is 0.522 bits per heavy atom. The van der Waals surface area contributed by atoms with Gasteiger partial charge >= 0.3 is 37.9 Å². The summed E-state index contributed by atoms with van der Waals surface area (Å²) in [5, 5.41) is 5.33. The van der Waals surface area contributed by atoms with Crippen molar-refractivity contribution in [3.63, 3.8) is 0 Å². The number of benzene rings is 6. The van der Waals surface area contributed by atoms with Crippen molar-refractivity contribution in [1.82, 2.24) is 0 Å². The molecule has 0 N–H and O–H groups in total. The van der Waals surface area contributed by atoms with Crippen LogP contribution in [0.5, 0.6) is 0 Å². The van der Waals surface area contributed by atoms with Gasteiger partial charge in [-0.3, -0.25) is 0 Å². The Kier molecular flexibility index (Phi) is 12.5. The fourth-order valence-electron chi connectivity index (χ4n) is 6.62. The summed E-state index contributed by atoms with van der Waals surface area (Å²) in [7, 11) is 11.0. The van der Waals surface area contributed by atoms with E-state index in [4.69, 9.17) is 17.0 Å². The van der Waals surface area contributed by atoms with E-state index in [1.165, 1.54) is 66.1 Å². The number of halogens is 2. The van der Waals surface area contributed by atoms with Gasteiger partial charge in [0, 0.05) is 9.52 Å². The average Bonchev–Trinajstić information content (AvgIpc) is 3.60. The third-order valence-corrected chi connectivity index (χ3v) is 8.39. The van der Waals surface area contributed by atoms with Crippen LogP contribution in [0.1, 0.15) is 59.1 Å². The number of hydrogen-bond acceptors (Lipinski definition) is 0. The minimum atomic E-state index is -0.826. The maximum atomic E-state index is 4.93. The van der Waals surface area contributed by atoms with Crippen LogP contribution >= 0.6 is 17.0 Å². The first-order chi connectivity index (χ1) is 22.5. The van der Waals surface area contributed by atoms with Gasteiger partial charge in [0.1, 0.15) is 0 Å². The van der Waals surface area contributed by atoms with Crippen LogP contribution in [0.2, 0.25) is 13.1 Å². The first-order valence-corrected chi connectivity index (χ1v) is 23.7. The maximum absolute atomic E-state index is 4.93. The standard InChI is InChI=1S/2C20H15.C2H6Si.2ClH.Zr/c2*1-14-13-16-8-3-5-11-18(16)20(14)19-12-6-9-15-7-2-4-10-17(15)19;1-3-2;;;/h2*2-7,9-13,20H,1H3;1-2H3;2*1H;/q2*-1;;;;+4/p-2. The van der Waals surface area contributed by atoms with E-state index in [0.717, 1.165) is 9.52 Å². The molecule has 2 aliphatic rings. The Bertz CT molecular complexity index is 1840. The first-order valence-electron chi connectivity index (χ1n) is 15.4. The predicted molar refractivity (Wildman–Crippen MR) is 199 cm³/mol. The minimum absolute atomic E-state index is 0.369. The summed E-state index contributed by atoms with van der Waals surface area (Å²) in [6, 6.07) is 49.8. The monoisotopic (exact) mass is 728 g/mol. The van der Waals surface area contributed by atoms with E-state index in [0.29, 0.717) is 11.8 Å². The van der Waals surface area contributed by atoms with Gasteiger partial charge in [-0.15, -0.1) is 94.1 Å². The molecule has 0 amide bonds. The summed E-state index contributed by atoms with van der Waals surface area (Å²) in [6.45, 7) is 8.75. The second-order valence-corrected chi connectivity index (χ2v) is 16.2.